The first-order valence-corrected chi connectivity index (χ1v) is 4.51. The summed E-state index contributed by atoms with van der Waals surface area (Å²) in [5, 5.41) is 0. The summed E-state index contributed by atoms with van der Waals surface area (Å²) in [7, 11) is 0. The second kappa shape index (κ2) is 3.71. The van der Waals surface area contributed by atoms with E-state index in [0.29, 0.717) is 11.0 Å². The van der Waals surface area contributed by atoms with E-state index in [4.69, 9.17) is 5.73 Å². The van der Waals surface area contributed by atoms with Gasteiger partial charge >= 0.3 is 6.18 Å². The maximum absolute atomic E-state index is 12.4. The molecule has 0 aliphatic rings. The molecule has 16 heavy (non-hydrogen) atoms. The van der Waals surface area contributed by atoms with Gasteiger partial charge in [0, 0.05) is 12.4 Å². The monoisotopic (exact) mass is 227 g/mol. The summed E-state index contributed by atoms with van der Waals surface area (Å²) in [6, 6.07) is 2.11. The zero-order valence-electron chi connectivity index (χ0n) is 8.07. The van der Waals surface area contributed by atoms with Crippen molar-refractivity contribution in [2.75, 3.05) is 0 Å². The smallest absolute Gasteiger partial charge is 0.316 e. The Kier molecular flexibility index (Phi) is 2.51. The third kappa shape index (κ3) is 1.96. The van der Waals surface area contributed by atoms with E-state index in [1.807, 2.05) is 0 Å². The molecule has 0 aliphatic carbocycles. The number of fused-ring (bicyclic) bond motifs is 1. The maximum Gasteiger partial charge on any atom is 0.407 e. The molecule has 0 fully saturated rings. The molecule has 0 amide bonds. The summed E-state index contributed by atoms with van der Waals surface area (Å²) < 4.78 is 37.1. The van der Waals surface area contributed by atoms with Gasteiger partial charge in [-0.15, -0.1) is 0 Å². The summed E-state index contributed by atoms with van der Waals surface area (Å²) in [4.78, 5) is 7.88. The molecule has 0 spiro atoms. The lowest BCUT2D eigenvalue weighted by Crippen LogP contribution is -2.28. The number of alkyl halides is 3. The van der Waals surface area contributed by atoms with Crippen LogP contribution in [-0.4, -0.2) is 16.1 Å². The van der Waals surface area contributed by atoms with Crippen molar-refractivity contribution in [3.8, 4) is 0 Å². The van der Waals surface area contributed by atoms with E-state index >= 15 is 0 Å². The zero-order valence-corrected chi connectivity index (χ0v) is 8.07. The van der Waals surface area contributed by atoms with E-state index in [-0.39, 0.29) is 5.56 Å². The highest BCUT2D eigenvalue weighted by Gasteiger charge is 2.37. The van der Waals surface area contributed by atoms with Gasteiger partial charge in [0.15, 0.2) is 0 Å². The van der Waals surface area contributed by atoms with Crippen LogP contribution in [0, 0.1) is 0 Å². The first kappa shape index (κ1) is 10.8. The van der Waals surface area contributed by atoms with Crippen LogP contribution in [0.25, 0.3) is 11.0 Å². The molecule has 84 valence electrons. The van der Waals surface area contributed by atoms with E-state index in [0.717, 1.165) is 0 Å². The normalized spacial score (nSPS) is 14.0. The molecule has 1 aromatic heterocycles. The molecule has 0 unspecified atom stereocenters. The Balaban J connectivity index is 2.47. The Bertz CT molecular complexity index is 510. The average molecular weight is 227 g/mol. The Labute approximate surface area is 89.1 Å². The second-order valence-electron chi connectivity index (χ2n) is 3.32. The van der Waals surface area contributed by atoms with E-state index in [1.165, 1.54) is 30.6 Å². The van der Waals surface area contributed by atoms with Crippen LogP contribution in [0.2, 0.25) is 0 Å². The lowest BCUT2D eigenvalue weighted by molar-refractivity contribution is -0.149. The van der Waals surface area contributed by atoms with Gasteiger partial charge in [-0.05, 0) is 17.7 Å². The quantitative estimate of drug-likeness (QED) is 0.812. The molecular formula is C10H8F3N3. The number of hydrogen-bond donors (Lipinski definition) is 1. The molecular weight excluding hydrogens is 219 g/mol. The van der Waals surface area contributed by atoms with Crippen LogP contribution in [0.4, 0.5) is 13.2 Å². The van der Waals surface area contributed by atoms with Gasteiger partial charge in [-0.3, -0.25) is 9.97 Å². The van der Waals surface area contributed by atoms with Crippen molar-refractivity contribution in [2.24, 2.45) is 5.73 Å². The lowest BCUT2D eigenvalue weighted by atomic mass is 10.1. The minimum Gasteiger partial charge on any atom is -0.316 e. The molecule has 1 heterocycles. The predicted molar refractivity (Wildman–Crippen MR) is 52.5 cm³/mol. The number of nitrogens with two attached hydrogens (primary N) is 1. The summed E-state index contributed by atoms with van der Waals surface area (Å²) in [6.45, 7) is 0. The van der Waals surface area contributed by atoms with Crippen molar-refractivity contribution in [1.29, 1.82) is 0 Å². The lowest BCUT2D eigenvalue weighted by Gasteiger charge is -2.15. The molecule has 0 bridgehead atoms. The van der Waals surface area contributed by atoms with Gasteiger partial charge in [-0.1, -0.05) is 6.07 Å². The molecule has 6 heteroatoms. The largest absolute Gasteiger partial charge is 0.407 e. The number of aromatic nitrogens is 2. The van der Waals surface area contributed by atoms with Crippen LogP contribution in [-0.2, 0) is 0 Å². The van der Waals surface area contributed by atoms with Crippen LogP contribution in [0.3, 0.4) is 0 Å². The highest BCUT2D eigenvalue weighted by atomic mass is 19.4. The Morgan fingerprint density at radius 3 is 2.31 bits per heavy atom. The average Bonchev–Trinajstić information content (AvgIpc) is 2.26. The van der Waals surface area contributed by atoms with Gasteiger partial charge in [-0.25, -0.2) is 0 Å². The fourth-order valence-electron chi connectivity index (χ4n) is 1.36. The van der Waals surface area contributed by atoms with E-state index in [9.17, 15) is 13.2 Å². The first-order chi connectivity index (χ1) is 7.48. The number of halogens is 3. The van der Waals surface area contributed by atoms with Gasteiger partial charge in [0.1, 0.15) is 6.04 Å². The van der Waals surface area contributed by atoms with Crippen LogP contribution in [0.15, 0.2) is 30.6 Å². The molecule has 2 aromatic rings. The van der Waals surface area contributed by atoms with E-state index in [2.05, 4.69) is 9.97 Å². The Morgan fingerprint density at radius 2 is 1.69 bits per heavy atom. The third-order valence-electron chi connectivity index (χ3n) is 2.21. The topological polar surface area (TPSA) is 51.8 Å². The molecule has 0 saturated heterocycles. The van der Waals surface area contributed by atoms with Crippen molar-refractivity contribution in [3.63, 3.8) is 0 Å². The van der Waals surface area contributed by atoms with Crippen molar-refractivity contribution in [2.45, 2.75) is 12.2 Å². The highest BCUT2D eigenvalue weighted by molar-refractivity contribution is 5.74. The van der Waals surface area contributed by atoms with Gasteiger partial charge < -0.3 is 5.73 Å². The third-order valence-corrected chi connectivity index (χ3v) is 2.21. The number of rotatable bonds is 1. The summed E-state index contributed by atoms with van der Waals surface area (Å²) in [5.41, 5.74) is 6.02. The number of nitrogens with zero attached hydrogens (tertiary/aromatic N) is 2. The molecule has 2 rings (SSSR count). The molecule has 3 nitrogen and oxygen atoms in total. The van der Waals surface area contributed by atoms with Crippen molar-refractivity contribution in [1.82, 2.24) is 9.97 Å². The van der Waals surface area contributed by atoms with Gasteiger partial charge in [0.25, 0.3) is 0 Å². The second-order valence-corrected chi connectivity index (χ2v) is 3.32. The predicted octanol–water partition coefficient (Wildman–Crippen LogP) is 2.19. The zero-order chi connectivity index (χ0) is 11.8. The van der Waals surface area contributed by atoms with Crippen LogP contribution < -0.4 is 5.73 Å². The van der Waals surface area contributed by atoms with Crippen molar-refractivity contribution >= 4 is 11.0 Å². The van der Waals surface area contributed by atoms with Crippen LogP contribution in [0.1, 0.15) is 11.6 Å². The number of benzene rings is 1. The molecule has 0 radical (unpaired) electrons. The van der Waals surface area contributed by atoms with Crippen LogP contribution >= 0.6 is 0 Å². The molecule has 1 aromatic carbocycles. The molecule has 1 atom stereocenters. The molecule has 0 saturated carbocycles. The maximum atomic E-state index is 12.4. The number of hydrogen-bond acceptors (Lipinski definition) is 3. The van der Waals surface area contributed by atoms with E-state index in [1.54, 1.807) is 0 Å². The van der Waals surface area contributed by atoms with Crippen molar-refractivity contribution in [3.05, 3.63) is 36.2 Å². The molecule has 2 N–H and O–H groups in total. The fraction of sp³-hybridized carbons (Fsp3) is 0.200. The Hall–Kier alpha value is -1.69. The minimum atomic E-state index is -4.45. The summed E-state index contributed by atoms with van der Waals surface area (Å²) >= 11 is 0. The van der Waals surface area contributed by atoms with Crippen molar-refractivity contribution < 1.29 is 13.2 Å². The van der Waals surface area contributed by atoms with Gasteiger partial charge in [0.2, 0.25) is 0 Å². The summed E-state index contributed by atoms with van der Waals surface area (Å²) in [5.74, 6) is 0. The highest BCUT2D eigenvalue weighted by Crippen LogP contribution is 2.31. The minimum absolute atomic E-state index is 0.0134. The van der Waals surface area contributed by atoms with Gasteiger partial charge in [-0.2, -0.15) is 13.2 Å². The fourth-order valence-corrected chi connectivity index (χ4v) is 1.36. The van der Waals surface area contributed by atoms with Gasteiger partial charge in [0.05, 0.1) is 11.0 Å². The first-order valence-electron chi connectivity index (χ1n) is 4.51. The Morgan fingerprint density at radius 1 is 1.06 bits per heavy atom. The van der Waals surface area contributed by atoms with E-state index < -0.39 is 12.2 Å². The summed E-state index contributed by atoms with van der Waals surface area (Å²) in [6.07, 6.45) is -1.55. The SMILES string of the molecule is N[C@@H](c1ccc2nccnc2c1)C(F)(F)F. The molecule has 0 aliphatic heterocycles. The standard InChI is InChI=1S/C10H8F3N3/c11-10(12,13)9(14)6-1-2-7-8(5-6)16-4-3-15-7/h1-5,9H,14H2/t9-/m0/s1. The van der Waals surface area contributed by atoms with Crippen LogP contribution in [0.5, 0.6) is 0 Å².